The number of nitrogens with two attached hydrogens (primary N) is 1. The molecule has 98 valence electrons. The molecule has 0 saturated heterocycles. The van der Waals surface area contributed by atoms with E-state index in [9.17, 15) is 4.79 Å². The summed E-state index contributed by atoms with van der Waals surface area (Å²) in [5, 5.41) is 0. The van der Waals surface area contributed by atoms with Gasteiger partial charge in [-0.3, -0.25) is 4.79 Å². The van der Waals surface area contributed by atoms with Gasteiger partial charge in [0.05, 0.1) is 19.9 Å². The van der Waals surface area contributed by atoms with E-state index >= 15 is 0 Å². The zero-order chi connectivity index (χ0) is 13.8. The molecule has 0 spiro atoms. The van der Waals surface area contributed by atoms with E-state index in [1.54, 1.807) is 38.5 Å². The number of carbonyl (C=O) groups excluding carboxylic acids is 1. The highest BCUT2D eigenvalue weighted by Gasteiger charge is 2.08. The number of methoxy groups -OCH3 is 2. The van der Waals surface area contributed by atoms with Crippen molar-refractivity contribution < 1.29 is 14.3 Å². The van der Waals surface area contributed by atoms with Crippen LogP contribution in [-0.4, -0.2) is 25.1 Å². The second-order valence-corrected chi connectivity index (χ2v) is 3.87. The summed E-state index contributed by atoms with van der Waals surface area (Å²) in [5.41, 5.74) is 6.87. The summed E-state index contributed by atoms with van der Waals surface area (Å²) in [7, 11) is 3.15. The monoisotopic (exact) mass is 258 g/mol. The third-order valence-corrected chi connectivity index (χ3v) is 2.65. The van der Waals surface area contributed by atoms with Crippen LogP contribution in [0.2, 0.25) is 0 Å². The molecule has 2 aromatic rings. The van der Waals surface area contributed by atoms with Crippen LogP contribution in [0.5, 0.6) is 11.5 Å². The molecule has 0 aliphatic heterocycles. The number of nitrogens with zero attached hydrogens (tertiary/aromatic N) is 1. The zero-order valence-corrected chi connectivity index (χ0v) is 10.7. The van der Waals surface area contributed by atoms with Crippen molar-refractivity contribution in [2.45, 2.75) is 0 Å². The third kappa shape index (κ3) is 2.82. The molecule has 0 bridgehead atoms. The maximum atomic E-state index is 11.1. The largest absolute Gasteiger partial charge is 0.497 e. The van der Waals surface area contributed by atoms with Crippen LogP contribution in [0.25, 0.3) is 11.3 Å². The Hall–Kier alpha value is -2.56. The molecule has 1 aromatic carbocycles. The van der Waals surface area contributed by atoms with Crippen LogP contribution in [-0.2, 0) is 0 Å². The maximum Gasteiger partial charge on any atom is 0.267 e. The summed E-state index contributed by atoms with van der Waals surface area (Å²) in [5.74, 6) is 0.748. The number of pyridine rings is 1. The molecule has 0 unspecified atom stereocenters. The Bertz CT molecular complexity index is 589. The van der Waals surface area contributed by atoms with Gasteiger partial charge in [0.1, 0.15) is 17.2 Å². The average Bonchev–Trinajstić information content (AvgIpc) is 2.46. The van der Waals surface area contributed by atoms with E-state index in [0.29, 0.717) is 17.2 Å². The van der Waals surface area contributed by atoms with Gasteiger partial charge in [0.25, 0.3) is 5.91 Å². The van der Waals surface area contributed by atoms with Gasteiger partial charge in [-0.2, -0.15) is 0 Å². The summed E-state index contributed by atoms with van der Waals surface area (Å²) < 4.78 is 10.4. The SMILES string of the molecule is COc1cc(OC)cc(-c2cccc(C(N)=O)n2)c1. The Kier molecular flexibility index (Phi) is 3.66. The summed E-state index contributed by atoms with van der Waals surface area (Å²) in [6, 6.07) is 10.5. The van der Waals surface area contributed by atoms with Crippen molar-refractivity contribution in [3.63, 3.8) is 0 Å². The van der Waals surface area contributed by atoms with Crippen molar-refractivity contribution in [3.8, 4) is 22.8 Å². The van der Waals surface area contributed by atoms with Crippen molar-refractivity contribution in [2.24, 2.45) is 5.73 Å². The molecule has 0 aliphatic carbocycles. The van der Waals surface area contributed by atoms with Crippen LogP contribution < -0.4 is 15.2 Å². The molecule has 1 heterocycles. The highest BCUT2D eigenvalue weighted by Crippen LogP contribution is 2.28. The number of ether oxygens (including phenoxy) is 2. The molecule has 2 rings (SSSR count). The van der Waals surface area contributed by atoms with Crippen molar-refractivity contribution in [3.05, 3.63) is 42.1 Å². The van der Waals surface area contributed by atoms with Gasteiger partial charge in [-0.1, -0.05) is 6.07 Å². The lowest BCUT2D eigenvalue weighted by Crippen LogP contribution is -2.13. The Morgan fingerprint density at radius 1 is 1.11 bits per heavy atom. The zero-order valence-electron chi connectivity index (χ0n) is 10.7. The van der Waals surface area contributed by atoms with Gasteiger partial charge in [-0.15, -0.1) is 0 Å². The summed E-state index contributed by atoms with van der Waals surface area (Å²) in [6.07, 6.45) is 0. The van der Waals surface area contributed by atoms with Crippen molar-refractivity contribution in [1.82, 2.24) is 4.98 Å². The predicted molar refractivity (Wildman–Crippen MR) is 71.3 cm³/mol. The Morgan fingerprint density at radius 2 is 1.74 bits per heavy atom. The van der Waals surface area contributed by atoms with Gasteiger partial charge in [-0.05, 0) is 24.3 Å². The topological polar surface area (TPSA) is 74.4 Å². The summed E-state index contributed by atoms with van der Waals surface area (Å²) >= 11 is 0. The Balaban J connectivity index is 2.51. The normalized spacial score (nSPS) is 10.0. The lowest BCUT2D eigenvalue weighted by Gasteiger charge is -2.08. The number of hydrogen-bond donors (Lipinski definition) is 1. The van der Waals surface area contributed by atoms with E-state index in [0.717, 1.165) is 5.56 Å². The van der Waals surface area contributed by atoms with Gasteiger partial charge in [0, 0.05) is 11.6 Å². The number of primary amides is 1. The Labute approximate surface area is 111 Å². The van der Waals surface area contributed by atoms with E-state index in [1.165, 1.54) is 0 Å². The van der Waals surface area contributed by atoms with Crippen LogP contribution >= 0.6 is 0 Å². The molecule has 0 fully saturated rings. The molecule has 5 nitrogen and oxygen atoms in total. The smallest absolute Gasteiger partial charge is 0.267 e. The van der Waals surface area contributed by atoms with Gasteiger partial charge < -0.3 is 15.2 Å². The van der Waals surface area contributed by atoms with E-state index in [4.69, 9.17) is 15.2 Å². The lowest BCUT2D eigenvalue weighted by atomic mass is 10.1. The fourth-order valence-corrected chi connectivity index (χ4v) is 1.69. The molecular formula is C14H14N2O3. The highest BCUT2D eigenvalue weighted by molar-refractivity contribution is 5.91. The fraction of sp³-hybridized carbons (Fsp3) is 0.143. The molecule has 0 saturated carbocycles. The van der Waals surface area contributed by atoms with E-state index < -0.39 is 5.91 Å². The molecule has 0 atom stereocenters. The average molecular weight is 258 g/mol. The van der Waals surface area contributed by atoms with Gasteiger partial charge in [-0.25, -0.2) is 4.98 Å². The number of aromatic nitrogens is 1. The molecule has 1 amide bonds. The standard InChI is InChI=1S/C14H14N2O3/c1-18-10-6-9(7-11(8-10)19-2)12-4-3-5-13(16-12)14(15)17/h3-8H,1-2H3,(H2,15,17). The highest BCUT2D eigenvalue weighted by atomic mass is 16.5. The van der Waals surface area contributed by atoms with E-state index in [2.05, 4.69) is 4.98 Å². The number of rotatable bonds is 4. The Morgan fingerprint density at radius 3 is 2.26 bits per heavy atom. The van der Waals surface area contributed by atoms with Gasteiger partial charge in [0.15, 0.2) is 0 Å². The van der Waals surface area contributed by atoms with Crippen molar-refractivity contribution >= 4 is 5.91 Å². The van der Waals surface area contributed by atoms with E-state index in [-0.39, 0.29) is 5.69 Å². The number of carbonyl (C=O) groups is 1. The van der Waals surface area contributed by atoms with Crippen LogP contribution in [0, 0.1) is 0 Å². The predicted octanol–water partition coefficient (Wildman–Crippen LogP) is 1.86. The second-order valence-electron chi connectivity index (χ2n) is 3.87. The van der Waals surface area contributed by atoms with Crippen LogP contribution in [0.1, 0.15) is 10.5 Å². The quantitative estimate of drug-likeness (QED) is 0.908. The number of benzene rings is 1. The molecular weight excluding hydrogens is 244 g/mol. The number of hydrogen-bond acceptors (Lipinski definition) is 4. The first kappa shape index (κ1) is 12.9. The molecule has 0 radical (unpaired) electrons. The van der Waals surface area contributed by atoms with Crippen molar-refractivity contribution in [1.29, 1.82) is 0 Å². The minimum atomic E-state index is -0.559. The van der Waals surface area contributed by atoms with Gasteiger partial charge in [0.2, 0.25) is 0 Å². The van der Waals surface area contributed by atoms with Crippen LogP contribution in [0.4, 0.5) is 0 Å². The second kappa shape index (κ2) is 5.39. The van der Waals surface area contributed by atoms with E-state index in [1.807, 2.05) is 12.1 Å². The summed E-state index contributed by atoms with van der Waals surface area (Å²) in [6.45, 7) is 0. The van der Waals surface area contributed by atoms with Crippen molar-refractivity contribution in [2.75, 3.05) is 14.2 Å². The van der Waals surface area contributed by atoms with Crippen LogP contribution in [0.15, 0.2) is 36.4 Å². The first-order valence-corrected chi connectivity index (χ1v) is 5.64. The van der Waals surface area contributed by atoms with Gasteiger partial charge >= 0.3 is 0 Å². The first-order valence-electron chi connectivity index (χ1n) is 5.64. The minimum absolute atomic E-state index is 0.222. The summed E-state index contributed by atoms with van der Waals surface area (Å²) in [4.78, 5) is 15.3. The molecule has 5 heteroatoms. The molecule has 0 aliphatic rings. The fourth-order valence-electron chi connectivity index (χ4n) is 1.69. The maximum absolute atomic E-state index is 11.1. The molecule has 2 N–H and O–H groups in total. The lowest BCUT2D eigenvalue weighted by molar-refractivity contribution is 0.0995. The molecule has 19 heavy (non-hydrogen) atoms. The third-order valence-electron chi connectivity index (χ3n) is 2.65. The first-order chi connectivity index (χ1) is 9.13. The number of amides is 1. The molecule has 1 aromatic heterocycles. The van der Waals surface area contributed by atoms with Crippen LogP contribution in [0.3, 0.4) is 0 Å². The minimum Gasteiger partial charge on any atom is -0.497 e.